The van der Waals surface area contributed by atoms with E-state index < -0.39 is 23.6 Å². The van der Waals surface area contributed by atoms with Gasteiger partial charge in [0.15, 0.2) is 5.82 Å². The summed E-state index contributed by atoms with van der Waals surface area (Å²) in [5, 5.41) is 7.66. The summed E-state index contributed by atoms with van der Waals surface area (Å²) >= 11 is 0. The number of nitrogens with zero attached hydrogens (tertiary/aromatic N) is 4. The lowest BCUT2D eigenvalue weighted by atomic mass is 9.97. The maximum absolute atomic E-state index is 13.8. The highest BCUT2D eigenvalue weighted by Gasteiger charge is 2.51. The van der Waals surface area contributed by atoms with Crippen LogP contribution in [0.5, 0.6) is 0 Å². The molecular formula is C31H30N6O5. The normalized spacial score (nSPS) is 16.3. The second-order valence-corrected chi connectivity index (χ2v) is 9.93. The van der Waals surface area contributed by atoms with Crippen LogP contribution in [0.25, 0.3) is 17.1 Å². The first-order valence-electron chi connectivity index (χ1n) is 13.6. The lowest BCUT2D eigenvalue weighted by Crippen LogP contribution is -2.61. The molecule has 11 heteroatoms. The van der Waals surface area contributed by atoms with Gasteiger partial charge >= 0.3 is 11.7 Å². The number of morpholine rings is 1. The minimum Gasteiger partial charge on any atom is -0.447 e. The van der Waals surface area contributed by atoms with Crippen molar-refractivity contribution >= 4 is 17.5 Å². The van der Waals surface area contributed by atoms with Gasteiger partial charge in [0.25, 0.3) is 5.91 Å². The average Bonchev–Trinajstić information content (AvgIpc) is 3.74. The zero-order chi connectivity index (χ0) is 28.9. The Morgan fingerprint density at radius 3 is 2.52 bits per heavy atom. The first-order chi connectivity index (χ1) is 20.5. The molecule has 4 aromatic rings. The van der Waals surface area contributed by atoms with Crippen molar-refractivity contribution in [3.8, 4) is 17.1 Å². The monoisotopic (exact) mass is 566 g/mol. The molecule has 0 bridgehead atoms. The lowest BCUT2D eigenvalue weighted by Gasteiger charge is -2.33. The maximum Gasteiger partial charge on any atom is 0.352 e. The van der Waals surface area contributed by atoms with E-state index >= 15 is 0 Å². The van der Waals surface area contributed by atoms with Crippen LogP contribution in [0.1, 0.15) is 15.9 Å². The van der Waals surface area contributed by atoms with E-state index in [2.05, 4.69) is 27.3 Å². The van der Waals surface area contributed by atoms with Crippen molar-refractivity contribution in [2.45, 2.75) is 18.2 Å². The van der Waals surface area contributed by atoms with Gasteiger partial charge in [-0.15, -0.1) is 0 Å². The fraction of sp³-hybridized carbons (Fsp3) is 0.226. The van der Waals surface area contributed by atoms with Crippen LogP contribution < -0.4 is 16.0 Å². The Bertz CT molecular complexity index is 1590. The van der Waals surface area contributed by atoms with Crippen LogP contribution in [0.2, 0.25) is 0 Å². The van der Waals surface area contributed by atoms with Gasteiger partial charge in [-0.25, -0.2) is 9.67 Å². The third kappa shape index (κ3) is 5.41. The number of anilines is 1. The molecule has 1 unspecified atom stereocenters. The first-order valence-corrected chi connectivity index (χ1v) is 13.6. The zero-order valence-electron chi connectivity index (χ0n) is 22.8. The van der Waals surface area contributed by atoms with Crippen LogP contribution in [0, 0.1) is 0 Å². The van der Waals surface area contributed by atoms with Gasteiger partial charge in [-0.05, 0) is 35.9 Å². The van der Waals surface area contributed by atoms with Gasteiger partial charge in [0.2, 0.25) is 0 Å². The van der Waals surface area contributed by atoms with Gasteiger partial charge < -0.3 is 30.2 Å². The number of aromatic nitrogens is 3. The standard InChI is InChI=1S/C31H30N6O5/c32-30(39)31(41-18-19-42-31)27(20-22-6-2-1-3-7-22)34-29(38)25-10-5-12-33-28(25)37-13-11-26(35-37)23-8-4-9-24(21-23)36-14-16-40-17-15-36/h1-13,18-19,21,27H,14-17,20H2,(H2,32,39)(H,34,38). The number of nitrogens with one attached hydrogen (secondary N) is 1. The van der Waals surface area contributed by atoms with Crippen LogP contribution in [0.15, 0.2) is 97.7 Å². The molecule has 2 aromatic carbocycles. The molecule has 0 aliphatic carbocycles. The molecule has 0 radical (unpaired) electrons. The Morgan fingerprint density at radius 1 is 0.976 bits per heavy atom. The summed E-state index contributed by atoms with van der Waals surface area (Å²) in [6.45, 7) is 3.06. The van der Waals surface area contributed by atoms with Crippen molar-refractivity contribution in [2.75, 3.05) is 31.2 Å². The van der Waals surface area contributed by atoms with Crippen LogP contribution in [-0.2, 0) is 25.4 Å². The second-order valence-electron chi connectivity index (χ2n) is 9.93. The van der Waals surface area contributed by atoms with E-state index in [4.69, 9.17) is 25.0 Å². The number of ether oxygens (including phenoxy) is 3. The Labute approximate surface area is 242 Å². The molecule has 0 saturated carbocycles. The molecule has 1 atom stereocenters. The molecule has 2 aliphatic rings. The molecule has 0 spiro atoms. The molecule has 2 aliphatic heterocycles. The van der Waals surface area contributed by atoms with Crippen LogP contribution in [0.3, 0.4) is 0 Å². The minimum absolute atomic E-state index is 0.220. The van der Waals surface area contributed by atoms with Crippen molar-refractivity contribution in [2.24, 2.45) is 5.73 Å². The van der Waals surface area contributed by atoms with E-state index in [1.807, 2.05) is 48.5 Å². The number of amides is 2. The Kier molecular flexibility index (Phi) is 7.56. The number of nitrogens with two attached hydrogens (primary N) is 1. The topological polar surface area (TPSA) is 134 Å². The molecule has 3 N–H and O–H groups in total. The fourth-order valence-corrected chi connectivity index (χ4v) is 5.14. The predicted octanol–water partition coefficient (Wildman–Crippen LogP) is 2.81. The fourth-order valence-electron chi connectivity index (χ4n) is 5.14. The molecule has 2 aromatic heterocycles. The van der Waals surface area contributed by atoms with Gasteiger partial charge in [0, 0.05) is 43.2 Å². The highest BCUT2D eigenvalue weighted by atomic mass is 16.7. The maximum atomic E-state index is 13.8. The summed E-state index contributed by atoms with van der Waals surface area (Å²) < 4.78 is 18.2. The third-order valence-corrected chi connectivity index (χ3v) is 7.29. The number of carbonyl (C=O) groups is 2. The highest BCUT2D eigenvalue weighted by Crippen LogP contribution is 2.28. The van der Waals surface area contributed by atoms with Gasteiger partial charge in [-0.3, -0.25) is 9.59 Å². The van der Waals surface area contributed by atoms with E-state index in [-0.39, 0.29) is 12.0 Å². The molecular weight excluding hydrogens is 536 g/mol. The summed E-state index contributed by atoms with van der Waals surface area (Å²) in [5.74, 6) is -2.94. The zero-order valence-corrected chi connectivity index (χ0v) is 22.8. The molecule has 6 rings (SSSR count). The van der Waals surface area contributed by atoms with Gasteiger partial charge in [0.1, 0.15) is 18.6 Å². The van der Waals surface area contributed by atoms with Crippen molar-refractivity contribution in [3.63, 3.8) is 0 Å². The van der Waals surface area contributed by atoms with E-state index in [1.165, 1.54) is 12.5 Å². The summed E-state index contributed by atoms with van der Waals surface area (Å²) in [6.07, 6.45) is 6.05. The second kappa shape index (κ2) is 11.8. The summed E-state index contributed by atoms with van der Waals surface area (Å²) in [5.41, 5.74) is 9.59. The number of benzene rings is 2. The SMILES string of the molecule is NC(=O)C1(C(Cc2ccccc2)NC(=O)c2cccnc2-n2ccc(-c3cccc(N4CCOCC4)c3)n2)OC=CO1. The summed E-state index contributed by atoms with van der Waals surface area (Å²) in [7, 11) is 0. The lowest BCUT2D eigenvalue weighted by molar-refractivity contribution is -0.182. The van der Waals surface area contributed by atoms with Crippen molar-refractivity contribution in [1.29, 1.82) is 0 Å². The average molecular weight is 567 g/mol. The quantitative estimate of drug-likeness (QED) is 0.316. The Hall–Kier alpha value is -5.16. The molecule has 214 valence electrons. The number of pyridine rings is 1. The van der Waals surface area contributed by atoms with Crippen LogP contribution in [-0.4, -0.2) is 64.7 Å². The molecule has 42 heavy (non-hydrogen) atoms. The number of rotatable bonds is 9. The Morgan fingerprint density at radius 2 is 1.76 bits per heavy atom. The summed E-state index contributed by atoms with van der Waals surface area (Å²) in [4.78, 5) is 33.1. The van der Waals surface area contributed by atoms with Crippen molar-refractivity contribution < 1.29 is 23.8 Å². The predicted molar refractivity (Wildman–Crippen MR) is 154 cm³/mol. The van der Waals surface area contributed by atoms with Crippen molar-refractivity contribution in [1.82, 2.24) is 20.1 Å². The molecule has 4 heterocycles. The molecule has 11 nitrogen and oxygen atoms in total. The largest absolute Gasteiger partial charge is 0.447 e. The Balaban J connectivity index is 1.27. The number of hydrogen-bond acceptors (Lipinski definition) is 8. The van der Waals surface area contributed by atoms with Gasteiger partial charge in [-0.1, -0.05) is 42.5 Å². The summed E-state index contributed by atoms with van der Waals surface area (Å²) in [6, 6.07) is 21.8. The third-order valence-electron chi connectivity index (χ3n) is 7.29. The van der Waals surface area contributed by atoms with Gasteiger partial charge in [0.05, 0.1) is 24.5 Å². The number of hydrogen-bond donors (Lipinski definition) is 2. The first kappa shape index (κ1) is 27.0. The van der Waals surface area contributed by atoms with E-state index in [0.717, 1.165) is 35.6 Å². The van der Waals surface area contributed by atoms with E-state index in [1.54, 1.807) is 29.2 Å². The van der Waals surface area contributed by atoms with Crippen LogP contribution in [0.4, 0.5) is 5.69 Å². The molecule has 1 saturated heterocycles. The minimum atomic E-state index is -1.90. The van der Waals surface area contributed by atoms with E-state index in [0.29, 0.717) is 19.0 Å². The molecule has 1 fully saturated rings. The highest BCUT2D eigenvalue weighted by molar-refractivity contribution is 5.98. The van der Waals surface area contributed by atoms with E-state index in [9.17, 15) is 9.59 Å². The van der Waals surface area contributed by atoms with Crippen LogP contribution >= 0.6 is 0 Å². The number of primary amides is 1. The smallest absolute Gasteiger partial charge is 0.352 e. The van der Waals surface area contributed by atoms with Gasteiger partial charge in [-0.2, -0.15) is 5.10 Å². The molecule has 2 amide bonds. The number of carbonyl (C=O) groups excluding carboxylic acids is 2. The van der Waals surface area contributed by atoms with Crippen molar-refractivity contribution in [3.05, 3.63) is 109 Å².